The van der Waals surface area contributed by atoms with E-state index in [1.165, 1.54) is 21.1 Å². The van der Waals surface area contributed by atoms with Crippen LogP contribution in [0.15, 0.2) is 41.8 Å². The topological polar surface area (TPSA) is 37.4 Å². The largest absolute Gasteiger partial charge is 0.236 e. The normalized spacial score (nSPS) is 12.4. The Kier molecular flexibility index (Phi) is 6.06. The predicted octanol–water partition coefficient (Wildman–Crippen LogP) is 4.88. The minimum absolute atomic E-state index is 0.321. The zero-order valence-electron chi connectivity index (χ0n) is 11.9. The monoisotopic (exact) mass is 375 g/mol. The van der Waals surface area contributed by atoms with Crippen molar-refractivity contribution in [3.8, 4) is 0 Å². The average Bonchev–Trinajstić information content (AvgIpc) is 2.89. The fraction of sp³-hybridized carbons (Fsp3) is 0.200. The van der Waals surface area contributed by atoms with Crippen molar-refractivity contribution in [2.75, 3.05) is 6.54 Å². The van der Waals surface area contributed by atoms with Gasteiger partial charge in [0.2, 0.25) is 10.0 Å². The van der Waals surface area contributed by atoms with E-state index in [4.69, 9.17) is 23.2 Å². The number of hydrogen-bond donors (Lipinski definition) is 0. The van der Waals surface area contributed by atoms with Crippen LogP contribution in [0.2, 0.25) is 9.36 Å². The van der Waals surface area contributed by atoms with Crippen molar-refractivity contribution < 1.29 is 8.42 Å². The first-order chi connectivity index (χ1) is 10.4. The fourth-order valence-electron chi connectivity index (χ4n) is 1.82. The zero-order valence-corrected chi connectivity index (χ0v) is 15.0. The van der Waals surface area contributed by atoms with Crippen molar-refractivity contribution >= 4 is 50.6 Å². The maximum absolute atomic E-state index is 12.4. The number of rotatable bonds is 6. The average molecular weight is 376 g/mol. The summed E-state index contributed by atoms with van der Waals surface area (Å²) in [6.07, 6.45) is 1.57. The fourth-order valence-corrected chi connectivity index (χ4v) is 4.31. The molecule has 0 N–H and O–H groups in total. The Bertz CT molecular complexity index is 752. The lowest BCUT2D eigenvalue weighted by molar-refractivity contribution is 0.433. The van der Waals surface area contributed by atoms with E-state index in [1.807, 2.05) is 13.0 Å². The Morgan fingerprint density at radius 3 is 2.36 bits per heavy atom. The third-order valence-corrected chi connectivity index (χ3v) is 6.03. The highest BCUT2D eigenvalue weighted by Crippen LogP contribution is 2.24. The molecule has 0 saturated carbocycles. The predicted molar refractivity (Wildman–Crippen MR) is 94.8 cm³/mol. The van der Waals surface area contributed by atoms with Gasteiger partial charge in [0.25, 0.3) is 0 Å². The molecular formula is C15H15Cl2NO2S2. The summed E-state index contributed by atoms with van der Waals surface area (Å²) in [4.78, 5) is 0.912. The molecule has 0 saturated heterocycles. The summed E-state index contributed by atoms with van der Waals surface area (Å²) in [7, 11) is -3.49. The molecule has 3 nitrogen and oxygen atoms in total. The second-order valence-electron chi connectivity index (χ2n) is 4.53. The van der Waals surface area contributed by atoms with Crippen LogP contribution in [0.4, 0.5) is 0 Å². The molecule has 0 radical (unpaired) electrons. The Balaban J connectivity index is 2.14. The Morgan fingerprint density at radius 2 is 1.82 bits per heavy atom. The van der Waals surface area contributed by atoms with Crippen molar-refractivity contribution in [2.24, 2.45) is 0 Å². The van der Waals surface area contributed by atoms with E-state index in [9.17, 15) is 8.42 Å². The van der Waals surface area contributed by atoms with Crippen LogP contribution in [0.3, 0.4) is 0 Å². The lowest BCUT2D eigenvalue weighted by atomic mass is 10.2. The highest BCUT2D eigenvalue weighted by atomic mass is 35.5. The molecule has 2 rings (SSSR count). The molecule has 118 valence electrons. The molecule has 1 aromatic carbocycles. The van der Waals surface area contributed by atoms with E-state index in [-0.39, 0.29) is 0 Å². The van der Waals surface area contributed by atoms with Crippen molar-refractivity contribution in [1.82, 2.24) is 4.31 Å². The molecule has 0 aliphatic carbocycles. The second-order valence-corrected chi connectivity index (χ2v) is 8.59. The highest BCUT2D eigenvalue weighted by Gasteiger charge is 2.18. The molecule has 0 aliphatic rings. The molecule has 0 unspecified atom stereocenters. The molecule has 0 spiro atoms. The highest BCUT2D eigenvalue weighted by molar-refractivity contribution is 7.92. The molecule has 0 atom stereocenters. The first-order valence-corrected chi connectivity index (χ1v) is 9.66. The summed E-state index contributed by atoms with van der Waals surface area (Å²) in [6, 6.07) is 10.6. The minimum atomic E-state index is -3.49. The Labute approximate surface area is 144 Å². The van der Waals surface area contributed by atoms with Gasteiger partial charge in [-0.1, -0.05) is 42.3 Å². The summed E-state index contributed by atoms with van der Waals surface area (Å²) in [5, 5.41) is 1.83. The van der Waals surface area contributed by atoms with Crippen LogP contribution < -0.4 is 0 Å². The van der Waals surface area contributed by atoms with Gasteiger partial charge in [-0.15, -0.1) is 11.3 Å². The molecule has 22 heavy (non-hydrogen) atoms. The summed E-state index contributed by atoms with van der Waals surface area (Å²) in [5.74, 6) is 0. The summed E-state index contributed by atoms with van der Waals surface area (Å²) < 4.78 is 26.9. The molecule has 0 aliphatic heterocycles. The number of hydrogen-bond acceptors (Lipinski definition) is 3. The van der Waals surface area contributed by atoms with Crippen LogP contribution in [-0.4, -0.2) is 19.3 Å². The van der Waals surface area contributed by atoms with Gasteiger partial charge in [-0.3, -0.25) is 0 Å². The summed E-state index contributed by atoms with van der Waals surface area (Å²) in [5.41, 5.74) is 0.781. The minimum Gasteiger partial charge on any atom is -0.207 e. The lowest BCUT2D eigenvalue weighted by Crippen LogP contribution is -2.28. The van der Waals surface area contributed by atoms with Gasteiger partial charge in [0.15, 0.2) is 0 Å². The van der Waals surface area contributed by atoms with E-state index in [1.54, 1.807) is 36.4 Å². The van der Waals surface area contributed by atoms with Gasteiger partial charge < -0.3 is 0 Å². The maximum Gasteiger partial charge on any atom is 0.236 e. The zero-order chi connectivity index (χ0) is 16.2. The molecule has 0 amide bonds. The van der Waals surface area contributed by atoms with E-state index < -0.39 is 10.0 Å². The van der Waals surface area contributed by atoms with E-state index in [2.05, 4.69) is 0 Å². The van der Waals surface area contributed by atoms with Crippen molar-refractivity contribution in [1.29, 1.82) is 0 Å². The van der Waals surface area contributed by atoms with E-state index >= 15 is 0 Å². The van der Waals surface area contributed by atoms with Gasteiger partial charge in [0.1, 0.15) is 0 Å². The molecule has 1 heterocycles. The van der Waals surface area contributed by atoms with Gasteiger partial charge in [0, 0.05) is 28.4 Å². The SMILES string of the molecule is CCN(Cc1ccc(Cl)s1)S(=O)(=O)C=Cc1ccc(Cl)cc1. The number of thiophene rings is 1. The van der Waals surface area contributed by atoms with Crippen molar-refractivity contribution in [3.05, 3.63) is 61.6 Å². The molecular weight excluding hydrogens is 361 g/mol. The van der Waals surface area contributed by atoms with Crippen LogP contribution >= 0.6 is 34.5 Å². The van der Waals surface area contributed by atoms with Crippen LogP contribution in [0, 0.1) is 0 Å². The number of sulfonamides is 1. The molecule has 0 fully saturated rings. The number of nitrogens with zero attached hydrogens (tertiary/aromatic N) is 1. The maximum atomic E-state index is 12.4. The smallest absolute Gasteiger partial charge is 0.207 e. The number of benzene rings is 1. The molecule has 7 heteroatoms. The lowest BCUT2D eigenvalue weighted by Gasteiger charge is -2.17. The van der Waals surface area contributed by atoms with E-state index in [0.29, 0.717) is 22.4 Å². The van der Waals surface area contributed by atoms with Gasteiger partial charge in [-0.2, -0.15) is 4.31 Å². The summed E-state index contributed by atoms with van der Waals surface area (Å²) >= 11 is 13.1. The standard InChI is InChI=1S/C15H15Cl2NO2S2/c1-2-18(11-14-7-8-15(17)21-14)22(19,20)10-9-12-3-5-13(16)6-4-12/h3-10H,2,11H2,1H3. The Morgan fingerprint density at radius 1 is 1.14 bits per heavy atom. The Hall–Kier alpha value is -0.850. The van der Waals surface area contributed by atoms with Gasteiger partial charge in [0.05, 0.1) is 4.34 Å². The van der Waals surface area contributed by atoms with Crippen molar-refractivity contribution in [2.45, 2.75) is 13.5 Å². The van der Waals surface area contributed by atoms with Crippen LogP contribution in [0.25, 0.3) is 6.08 Å². The summed E-state index contributed by atoms with van der Waals surface area (Å²) in [6.45, 7) is 2.52. The third kappa shape index (κ3) is 4.83. The first-order valence-electron chi connectivity index (χ1n) is 6.58. The second kappa shape index (κ2) is 7.62. The molecule has 0 bridgehead atoms. The van der Waals surface area contributed by atoms with Crippen LogP contribution in [0.1, 0.15) is 17.4 Å². The van der Waals surface area contributed by atoms with Crippen LogP contribution in [0.5, 0.6) is 0 Å². The van der Waals surface area contributed by atoms with Gasteiger partial charge in [-0.25, -0.2) is 8.42 Å². The van der Waals surface area contributed by atoms with Crippen LogP contribution in [-0.2, 0) is 16.6 Å². The quantitative estimate of drug-likeness (QED) is 0.721. The molecule has 1 aromatic heterocycles. The first kappa shape index (κ1) is 17.5. The van der Waals surface area contributed by atoms with Gasteiger partial charge >= 0.3 is 0 Å². The van der Waals surface area contributed by atoms with E-state index in [0.717, 1.165) is 10.4 Å². The molecule has 2 aromatic rings. The number of halogens is 2. The third-order valence-electron chi connectivity index (χ3n) is 2.98. The van der Waals surface area contributed by atoms with Crippen molar-refractivity contribution in [3.63, 3.8) is 0 Å². The van der Waals surface area contributed by atoms with Gasteiger partial charge in [-0.05, 0) is 35.9 Å².